The first-order chi connectivity index (χ1) is 58.4. The molecule has 9 saturated heterocycles. The van der Waals surface area contributed by atoms with Gasteiger partial charge in [0.15, 0.2) is 56.6 Å². The van der Waals surface area contributed by atoms with Gasteiger partial charge in [-0.1, -0.05) is 6.07 Å². The van der Waals surface area contributed by atoms with Crippen molar-refractivity contribution in [2.75, 3.05) is 77.9 Å². The molecule has 1 aromatic rings. The lowest BCUT2D eigenvalue weighted by Gasteiger charge is -2.51. The Balaban J connectivity index is 1.00. The average Bonchev–Trinajstić information content (AvgIpc) is 0.766. The summed E-state index contributed by atoms with van der Waals surface area (Å²) in [5.74, 6) is -1.51. The van der Waals surface area contributed by atoms with Crippen molar-refractivity contribution in [3.63, 3.8) is 0 Å². The molecule has 0 spiro atoms. The van der Waals surface area contributed by atoms with E-state index in [1.807, 2.05) is 0 Å². The number of rotatable bonds is 36. The highest BCUT2D eigenvalue weighted by molar-refractivity contribution is 5.73. The number of pyridine rings is 1. The summed E-state index contributed by atoms with van der Waals surface area (Å²) in [5.41, 5.74) is 0. The number of hydrogen-bond acceptors (Lipinski definition) is 52. The molecule has 9 fully saturated rings. The molecule has 1 aromatic heterocycles. The van der Waals surface area contributed by atoms with Crippen LogP contribution in [0.15, 0.2) is 24.4 Å². The largest absolute Gasteiger partial charge is 0.394 e. The first-order valence-corrected chi connectivity index (χ1v) is 39.2. The SMILES string of the molecule is CC(=O)N[C@H]1[C@H](O[C@@H]([C@H](O)[C@H](CNc2ccccn2)NC(C)=O)[C@H](O)CO)O[C@H](CO)[C@@H](O[C@@H]2O[C@H](CO[C@H]3O[C@H](CO[C@H]4O[C@H](CO)[C@@H](O)[C@H](O)[C@@H]4O[C@H]4O[C@H](CO)[C@@H](O)[C@H](O)[C@@H]4O)[C@@H](O)[C@H](O[C@H]4O[C@H](CO)[C@@H](O)[C@H](O)[C@@H]4O)[C@@H]3O)[C@@H](O)[C@H](O[C@H]3O[C@H](CO)[C@@H](O)[C@H](O)[C@@H]3O[C@H]3O[C@H](CO)[C@@H](O)[C@H](O)[C@@H]3O[C@H]3O[C@H](CO)[C@@H](O)[C@H](O)[C@@H]3O)[C@@H]2O)[C@@H]1O. The van der Waals surface area contributed by atoms with Crippen LogP contribution in [0.2, 0.25) is 0 Å². The maximum absolute atomic E-state index is 13.2. The Kier molecular flexibility index (Phi) is 37.2. The number of nitrogens with one attached hydrogen (secondary N) is 3. The van der Waals surface area contributed by atoms with Crippen molar-refractivity contribution in [1.29, 1.82) is 0 Å². The van der Waals surface area contributed by atoms with Crippen molar-refractivity contribution in [2.24, 2.45) is 0 Å². The molecule has 0 aliphatic carbocycles. The minimum absolute atomic E-state index is 0.227. The van der Waals surface area contributed by atoms with Crippen LogP contribution in [0.5, 0.6) is 0 Å². The number of hydrogen-bond donors (Lipinski definition) is 33. The maximum Gasteiger partial charge on any atom is 0.217 e. The molecule has 49 atom stereocenters. The van der Waals surface area contributed by atoms with Crippen molar-refractivity contribution in [2.45, 2.75) is 314 Å². The van der Waals surface area contributed by atoms with Gasteiger partial charge in [-0.3, -0.25) is 9.59 Å². The predicted octanol–water partition coefficient (Wildman–Crippen LogP) is -21.4. The van der Waals surface area contributed by atoms with E-state index in [1.165, 1.54) is 12.3 Å². The summed E-state index contributed by atoms with van der Waals surface area (Å²) in [6.45, 7) is -9.84. The quantitative estimate of drug-likeness (QED) is 0.0297. The number of carbonyl (C=O) groups is 2. The average molecular weight is 1800 g/mol. The summed E-state index contributed by atoms with van der Waals surface area (Å²) in [6.07, 6.45) is -101. The van der Waals surface area contributed by atoms with Gasteiger partial charge in [-0.25, -0.2) is 4.98 Å². The summed E-state index contributed by atoms with van der Waals surface area (Å²) in [6, 6.07) is 1.23. The minimum atomic E-state index is -2.66. The number of ether oxygens (including phenoxy) is 18. The molecule has 10 heterocycles. The molecular weight excluding hydrogens is 1680 g/mol. The van der Waals surface area contributed by atoms with Gasteiger partial charge in [0.25, 0.3) is 0 Å². The van der Waals surface area contributed by atoms with Crippen molar-refractivity contribution < 1.29 is 248 Å². The Morgan fingerprint density at radius 1 is 0.358 bits per heavy atom. The summed E-state index contributed by atoms with van der Waals surface area (Å²) in [7, 11) is 0. The van der Waals surface area contributed by atoms with Gasteiger partial charge in [0.1, 0.15) is 244 Å². The van der Waals surface area contributed by atoms with Crippen LogP contribution < -0.4 is 16.0 Å². The second kappa shape index (κ2) is 45.2. The lowest BCUT2D eigenvalue weighted by Crippen LogP contribution is -2.70. The highest BCUT2D eigenvalue weighted by Gasteiger charge is 2.61. The van der Waals surface area contributed by atoms with Crippen LogP contribution >= 0.6 is 0 Å². The third kappa shape index (κ3) is 22.9. The molecule has 0 radical (unpaired) electrons. The van der Waals surface area contributed by atoms with Crippen molar-refractivity contribution in [3.8, 4) is 0 Å². The zero-order chi connectivity index (χ0) is 90.2. The third-order valence-electron chi connectivity index (χ3n) is 22.3. The fourth-order valence-electron chi connectivity index (χ4n) is 15.3. The first kappa shape index (κ1) is 101. The third-order valence-corrected chi connectivity index (χ3v) is 22.3. The van der Waals surface area contributed by atoms with Gasteiger partial charge in [-0.15, -0.1) is 0 Å². The molecule has 10 rings (SSSR count). The Morgan fingerprint density at radius 2 is 0.699 bits per heavy atom. The van der Waals surface area contributed by atoms with Crippen LogP contribution in [0.3, 0.4) is 0 Å². The molecule has 0 aromatic carbocycles. The predicted molar refractivity (Wildman–Crippen MR) is 381 cm³/mol. The van der Waals surface area contributed by atoms with Crippen LogP contribution in [-0.2, 0) is 94.9 Å². The summed E-state index contributed by atoms with van der Waals surface area (Å²) in [4.78, 5) is 29.9. The standard InChI is InChI=1S/C69H114N4O50/c1-18(82)72-20(7-71-31-5-3-4-6-70-31)33(85)54(21(84)8-74)117-61-32(73-19(2)83)42(94)55(28(15-81)114-61)118-66-53(105)57(120-68-60(48(100)39(91)26(13-79)112-68)123-69-59(47(99)38(90)27(14-80)113-69)122-65-51(103)45(97)36(88)24(11-77)110-65)41(93)30(116-66)16-106-62-52(104)56(119-63-49(101)43(95)34(86)22(9-75)108-63)40(92)29(115-62)17-107-67-58(46(98)37(89)25(12-78)111-67)121-64-50(102)44(96)35(87)23(10-76)109-64/h3-6,20-30,32-69,74-81,84-105H,7-17H2,1-2H3,(H,70,71)(H,72,82)(H,73,83)/t20-,21+,22+,23+,24+,25+,26+,27+,28+,29+,30+,32+,33+,34+,35+,36+,37+,38+,39+,40+,41+,42+,43-,44-,45-,46-,47-,48-,49-,50-,51-,52-,53-,54+,55+,56-,57-,58-,59-,60-,61-,62-,63+,64+,65+,66-,67-,68+,69+/m0/s1. The Morgan fingerprint density at radius 3 is 1.11 bits per heavy atom. The van der Waals surface area contributed by atoms with Gasteiger partial charge in [0.2, 0.25) is 11.8 Å². The van der Waals surface area contributed by atoms with Crippen LogP contribution in [0.4, 0.5) is 5.82 Å². The Bertz CT molecular complexity index is 3340. The highest BCUT2D eigenvalue weighted by atomic mass is 16.8. The van der Waals surface area contributed by atoms with Crippen molar-refractivity contribution >= 4 is 17.6 Å². The molecule has 0 saturated carbocycles. The summed E-state index contributed by atoms with van der Waals surface area (Å²) >= 11 is 0. The number of amides is 2. The van der Waals surface area contributed by atoms with Crippen LogP contribution in [0.25, 0.3) is 0 Å². The smallest absolute Gasteiger partial charge is 0.217 e. The van der Waals surface area contributed by atoms with E-state index in [1.54, 1.807) is 12.1 Å². The summed E-state index contributed by atoms with van der Waals surface area (Å²) in [5, 5.41) is 342. The molecule has 0 bridgehead atoms. The van der Waals surface area contributed by atoms with E-state index in [0.717, 1.165) is 13.8 Å². The van der Waals surface area contributed by atoms with Crippen LogP contribution in [0.1, 0.15) is 13.8 Å². The highest BCUT2D eigenvalue weighted by Crippen LogP contribution is 2.40. The van der Waals surface area contributed by atoms with E-state index in [2.05, 4.69) is 20.9 Å². The molecule has 9 aliphatic rings. The number of nitrogens with zero attached hydrogens (tertiary/aromatic N) is 1. The van der Waals surface area contributed by atoms with E-state index < -0.39 is 379 Å². The van der Waals surface area contributed by atoms with E-state index in [-0.39, 0.29) is 12.4 Å². The number of aliphatic hydroxyl groups excluding tert-OH is 30. The normalized spacial score (nSPS) is 46.7. The Labute approximate surface area is 696 Å². The maximum atomic E-state index is 13.2. The monoisotopic (exact) mass is 1800 g/mol. The topological polar surface area (TPSA) is 856 Å². The molecule has 54 heteroatoms. The molecule has 54 nitrogen and oxygen atoms in total. The number of anilines is 1. The molecule has 123 heavy (non-hydrogen) atoms. The van der Waals surface area contributed by atoms with Crippen molar-refractivity contribution in [3.05, 3.63) is 24.4 Å². The van der Waals surface area contributed by atoms with Crippen molar-refractivity contribution in [1.82, 2.24) is 15.6 Å². The number of aliphatic hydroxyl groups is 30. The molecule has 33 N–H and O–H groups in total. The molecule has 0 unspecified atom stereocenters. The number of carbonyl (C=O) groups excluding carboxylic acids is 2. The van der Waals surface area contributed by atoms with E-state index in [9.17, 15) is 163 Å². The fourth-order valence-corrected chi connectivity index (χ4v) is 15.3. The van der Waals surface area contributed by atoms with Gasteiger partial charge in [0, 0.05) is 26.6 Å². The van der Waals surface area contributed by atoms with Gasteiger partial charge in [0.05, 0.1) is 72.1 Å². The van der Waals surface area contributed by atoms with E-state index in [0.29, 0.717) is 0 Å². The minimum Gasteiger partial charge on any atom is -0.394 e. The first-order valence-electron chi connectivity index (χ1n) is 39.2. The lowest BCUT2D eigenvalue weighted by atomic mass is 9.94. The fraction of sp³-hybridized carbons (Fsp3) is 0.899. The van der Waals surface area contributed by atoms with Crippen LogP contribution in [0, 0.1) is 0 Å². The summed E-state index contributed by atoms with van der Waals surface area (Å²) < 4.78 is 106. The Hall–Kier alpha value is -4.03. The second-order valence-corrected chi connectivity index (χ2v) is 30.7. The molecular formula is C69H114N4O50. The lowest BCUT2D eigenvalue weighted by molar-refractivity contribution is -0.408. The van der Waals surface area contributed by atoms with Gasteiger partial charge in [-0.05, 0) is 12.1 Å². The van der Waals surface area contributed by atoms with Gasteiger partial charge < -0.3 is 254 Å². The zero-order valence-electron chi connectivity index (χ0n) is 65.4. The molecule has 9 aliphatic heterocycles. The van der Waals surface area contributed by atoms with Crippen LogP contribution in [-0.4, -0.2) is 543 Å². The van der Waals surface area contributed by atoms with Gasteiger partial charge in [-0.2, -0.15) is 0 Å². The van der Waals surface area contributed by atoms with Gasteiger partial charge >= 0.3 is 0 Å². The molecule has 2 amide bonds. The second-order valence-electron chi connectivity index (χ2n) is 30.7. The van der Waals surface area contributed by atoms with E-state index in [4.69, 9.17) is 85.3 Å². The molecule has 710 valence electrons. The van der Waals surface area contributed by atoms with E-state index >= 15 is 0 Å². The zero-order valence-corrected chi connectivity index (χ0v) is 65.4. The number of aromatic nitrogens is 1.